The van der Waals surface area contributed by atoms with Crippen molar-refractivity contribution in [1.29, 1.82) is 0 Å². The van der Waals surface area contributed by atoms with E-state index in [0.717, 1.165) is 23.8 Å². The van der Waals surface area contributed by atoms with Crippen LogP contribution in [-0.2, 0) is 4.79 Å². The number of piperazine rings is 1. The molecule has 1 aliphatic rings. The molecule has 1 fully saturated rings. The molecule has 2 heterocycles. The van der Waals surface area contributed by atoms with Gasteiger partial charge in [0.2, 0.25) is 5.91 Å². The molecule has 1 saturated heterocycles. The number of nitrogens with one attached hydrogen (secondary N) is 1. The number of aromatic nitrogens is 1. The van der Waals surface area contributed by atoms with Crippen LogP contribution in [-0.4, -0.2) is 53.9 Å². The Bertz CT molecular complexity index is 766. The first kappa shape index (κ1) is 19.4. The molecule has 1 aliphatic heterocycles. The van der Waals surface area contributed by atoms with Gasteiger partial charge in [0.25, 0.3) is 5.91 Å². The van der Waals surface area contributed by atoms with Crippen molar-refractivity contribution in [1.82, 2.24) is 15.2 Å². The molecule has 0 bridgehead atoms. The highest BCUT2D eigenvalue weighted by molar-refractivity contribution is 7.13. The third kappa shape index (κ3) is 4.66. The molecule has 2 aromatic rings. The average Bonchev–Trinajstić information content (AvgIpc) is 3.20. The van der Waals surface area contributed by atoms with Crippen molar-refractivity contribution < 1.29 is 9.59 Å². The number of benzene rings is 1. The minimum Gasteiger partial charge on any atom is -0.345 e. The average molecular weight is 387 g/mol. The second-order valence-corrected chi connectivity index (χ2v) is 8.06. The normalized spacial score (nSPS) is 15.7. The lowest BCUT2D eigenvalue weighted by Crippen LogP contribution is -2.56. The minimum absolute atomic E-state index is 0.00995. The molecule has 1 aromatic carbocycles. The Hall–Kier alpha value is -2.41. The summed E-state index contributed by atoms with van der Waals surface area (Å²) in [6, 6.07) is 6.86. The van der Waals surface area contributed by atoms with Gasteiger partial charge in [0.15, 0.2) is 5.13 Å². The van der Waals surface area contributed by atoms with Crippen molar-refractivity contribution in [3.8, 4) is 0 Å². The summed E-state index contributed by atoms with van der Waals surface area (Å²) in [6.45, 7) is 8.71. The lowest BCUT2D eigenvalue weighted by atomic mass is 10.0. The first-order chi connectivity index (χ1) is 13.0. The van der Waals surface area contributed by atoms with Crippen molar-refractivity contribution in [3.63, 3.8) is 0 Å². The molecular weight excluding hydrogens is 360 g/mol. The Balaban J connectivity index is 1.62. The minimum atomic E-state index is -0.523. The lowest BCUT2D eigenvalue weighted by Gasteiger charge is -2.37. The SMILES string of the molecule is Cc1ccc(C(=O)NC(C(=O)N2CCN(c3nccs3)CC2)C(C)C)cc1. The fourth-order valence-electron chi connectivity index (χ4n) is 3.13. The Morgan fingerprint density at radius 1 is 1.11 bits per heavy atom. The molecule has 0 saturated carbocycles. The number of nitrogens with zero attached hydrogens (tertiary/aromatic N) is 3. The number of anilines is 1. The number of aryl methyl sites for hydroxylation is 1. The van der Waals surface area contributed by atoms with E-state index < -0.39 is 6.04 Å². The molecule has 7 heteroatoms. The van der Waals surface area contributed by atoms with Crippen LogP contribution in [0, 0.1) is 12.8 Å². The van der Waals surface area contributed by atoms with Gasteiger partial charge in [0.05, 0.1) is 0 Å². The van der Waals surface area contributed by atoms with Crippen molar-refractivity contribution in [3.05, 3.63) is 47.0 Å². The molecule has 1 aromatic heterocycles. The van der Waals surface area contributed by atoms with Gasteiger partial charge in [-0.3, -0.25) is 9.59 Å². The number of hydrogen-bond acceptors (Lipinski definition) is 5. The molecule has 144 valence electrons. The van der Waals surface area contributed by atoms with E-state index in [9.17, 15) is 9.59 Å². The molecule has 1 N–H and O–H groups in total. The lowest BCUT2D eigenvalue weighted by molar-refractivity contribution is -0.134. The highest BCUT2D eigenvalue weighted by Gasteiger charge is 2.31. The van der Waals surface area contributed by atoms with Gasteiger partial charge in [-0.2, -0.15) is 0 Å². The number of hydrogen-bond donors (Lipinski definition) is 1. The van der Waals surface area contributed by atoms with E-state index in [4.69, 9.17) is 0 Å². The molecule has 0 aliphatic carbocycles. The second-order valence-electron chi connectivity index (χ2n) is 7.19. The Morgan fingerprint density at radius 3 is 2.33 bits per heavy atom. The fraction of sp³-hybridized carbons (Fsp3) is 0.450. The highest BCUT2D eigenvalue weighted by atomic mass is 32.1. The molecule has 1 atom stereocenters. The fourth-order valence-corrected chi connectivity index (χ4v) is 3.83. The molecular formula is C20H26N4O2S. The van der Waals surface area contributed by atoms with Crippen molar-refractivity contribution in [2.45, 2.75) is 26.8 Å². The van der Waals surface area contributed by atoms with Crippen LogP contribution >= 0.6 is 11.3 Å². The number of rotatable bonds is 5. The van der Waals surface area contributed by atoms with E-state index in [2.05, 4.69) is 15.2 Å². The number of amides is 2. The van der Waals surface area contributed by atoms with Crippen molar-refractivity contribution in [2.75, 3.05) is 31.1 Å². The molecule has 0 spiro atoms. The van der Waals surface area contributed by atoms with Gasteiger partial charge >= 0.3 is 0 Å². The van der Waals surface area contributed by atoms with Crippen LogP contribution in [0.5, 0.6) is 0 Å². The highest BCUT2D eigenvalue weighted by Crippen LogP contribution is 2.19. The van der Waals surface area contributed by atoms with E-state index in [0.29, 0.717) is 18.7 Å². The zero-order valence-corrected chi connectivity index (χ0v) is 16.8. The van der Waals surface area contributed by atoms with Crippen LogP contribution in [0.1, 0.15) is 29.8 Å². The predicted octanol–water partition coefficient (Wildman–Crippen LogP) is 2.55. The van der Waals surface area contributed by atoms with Crippen molar-refractivity contribution >= 4 is 28.3 Å². The second kappa shape index (κ2) is 8.52. The summed E-state index contributed by atoms with van der Waals surface area (Å²) in [4.78, 5) is 34.0. The molecule has 6 nitrogen and oxygen atoms in total. The van der Waals surface area contributed by atoms with Crippen LogP contribution in [0.25, 0.3) is 0 Å². The maximum Gasteiger partial charge on any atom is 0.251 e. The van der Waals surface area contributed by atoms with Gasteiger partial charge in [0, 0.05) is 43.3 Å². The van der Waals surface area contributed by atoms with Crippen LogP contribution in [0.3, 0.4) is 0 Å². The number of carbonyl (C=O) groups excluding carboxylic acids is 2. The molecule has 2 amide bonds. The topological polar surface area (TPSA) is 65.5 Å². The van der Waals surface area contributed by atoms with E-state index in [1.54, 1.807) is 29.7 Å². The number of carbonyl (C=O) groups is 2. The first-order valence-corrected chi connectivity index (χ1v) is 10.1. The molecule has 3 rings (SSSR count). The largest absolute Gasteiger partial charge is 0.345 e. The summed E-state index contributed by atoms with van der Waals surface area (Å²) >= 11 is 1.61. The van der Waals surface area contributed by atoms with Crippen LogP contribution < -0.4 is 10.2 Å². The molecule has 1 unspecified atom stereocenters. The van der Waals surface area contributed by atoms with E-state index >= 15 is 0 Å². The summed E-state index contributed by atoms with van der Waals surface area (Å²) < 4.78 is 0. The van der Waals surface area contributed by atoms with Crippen LogP contribution in [0.2, 0.25) is 0 Å². The summed E-state index contributed by atoms with van der Waals surface area (Å²) in [7, 11) is 0. The summed E-state index contributed by atoms with van der Waals surface area (Å²) in [5.74, 6) is -0.198. The Labute approximate surface area is 164 Å². The van der Waals surface area contributed by atoms with E-state index in [1.165, 1.54) is 0 Å². The third-order valence-corrected chi connectivity index (χ3v) is 5.65. The summed E-state index contributed by atoms with van der Waals surface area (Å²) in [6.07, 6.45) is 1.80. The standard InChI is InChI=1S/C20H26N4O2S/c1-14(2)17(22-18(25)16-6-4-15(3)5-7-16)19(26)23-9-11-24(12-10-23)20-21-8-13-27-20/h4-8,13-14,17H,9-12H2,1-3H3,(H,22,25). The van der Waals surface area contributed by atoms with E-state index in [-0.39, 0.29) is 17.7 Å². The maximum atomic E-state index is 13.0. The Kier molecular flexibility index (Phi) is 6.11. The quantitative estimate of drug-likeness (QED) is 0.858. The van der Waals surface area contributed by atoms with Gasteiger partial charge in [-0.1, -0.05) is 31.5 Å². The maximum absolute atomic E-state index is 13.0. The van der Waals surface area contributed by atoms with Gasteiger partial charge < -0.3 is 15.1 Å². The van der Waals surface area contributed by atoms with Gasteiger partial charge in [-0.05, 0) is 25.0 Å². The zero-order chi connectivity index (χ0) is 19.4. The summed E-state index contributed by atoms with van der Waals surface area (Å²) in [5.41, 5.74) is 1.67. The Morgan fingerprint density at radius 2 is 1.78 bits per heavy atom. The third-order valence-electron chi connectivity index (χ3n) is 4.81. The first-order valence-electron chi connectivity index (χ1n) is 9.26. The van der Waals surface area contributed by atoms with Gasteiger partial charge in [0.1, 0.15) is 6.04 Å². The predicted molar refractivity (Wildman–Crippen MR) is 108 cm³/mol. The summed E-state index contributed by atoms with van der Waals surface area (Å²) in [5, 5.41) is 5.89. The van der Waals surface area contributed by atoms with E-state index in [1.807, 2.05) is 43.2 Å². The smallest absolute Gasteiger partial charge is 0.251 e. The van der Waals surface area contributed by atoms with Gasteiger partial charge in [-0.15, -0.1) is 11.3 Å². The van der Waals surface area contributed by atoms with Crippen LogP contribution in [0.15, 0.2) is 35.8 Å². The van der Waals surface area contributed by atoms with Crippen LogP contribution in [0.4, 0.5) is 5.13 Å². The van der Waals surface area contributed by atoms with Gasteiger partial charge in [-0.25, -0.2) is 4.98 Å². The number of thiazole rings is 1. The van der Waals surface area contributed by atoms with Crippen molar-refractivity contribution in [2.24, 2.45) is 5.92 Å². The monoisotopic (exact) mass is 386 g/mol. The zero-order valence-electron chi connectivity index (χ0n) is 16.0. The molecule has 27 heavy (non-hydrogen) atoms. The molecule has 0 radical (unpaired) electrons.